The molecule has 0 unspecified atom stereocenters. The number of para-hydroxylation sites is 1. The Kier molecular flexibility index (Phi) is 5.27. The molecule has 0 spiro atoms. The smallest absolute Gasteiger partial charge is 0.259 e. The van der Waals surface area contributed by atoms with E-state index in [1.54, 1.807) is 12.0 Å². The number of anilines is 1. The van der Waals surface area contributed by atoms with Gasteiger partial charge in [0, 0.05) is 24.2 Å². The second-order valence-corrected chi connectivity index (χ2v) is 7.62. The predicted octanol–water partition coefficient (Wildman–Crippen LogP) is 3.97. The molecule has 1 aliphatic rings. The highest BCUT2D eigenvalue weighted by molar-refractivity contribution is 6.14. The summed E-state index contributed by atoms with van der Waals surface area (Å²) in [6.07, 6.45) is 0.438. The van der Waals surface area contributed by atoms with Gasteiger partial charge in [0.2, 0.25) is 5.91 Å². The lowest BCUT2D eigenvalue weighted by atomic mass is 9.82. The minimum atomic E-state index is -1.05. The molecule has 0 aliphatic carbocycles. The first-order chi connectivity index (χ1) is 14.5. The minimum Gasteiger partial charge on any atom is -0.497 e. The first-order valence-corrected chi connectivity index (χ1v) is 9.92. The van der Waals surface area contributed by atoms with Crippen molar-refractivity contribution < 1.29 is 14.3 Å². The van der Waals surface area contributed by atoms with Crippen molar-refractivity contribution in [1.29, 1.82) is 0 Å². The van der Waals surface area contributed by atoms with Gasteiger partial charge in [-0.2, -0.15) is 0 Å². The first kappa shape index (κ1) is 19.7. The van der Waals surface area contributed by atoms with E-state index in [1.165, 1.54) is 0 Å². The Hall–Kier alpha value is -3.60. The lowest BCUT2D eigenvalue weighted by molar-refractivity contribution is -0.126. The van der Waals surface area contributed by atoms with Crippen LogP contribution in [0.4, 0.5) is 5.69 Å². The second-order valence-electron chi connectivity index (χ2n) is 7.62. The number of ether oxygens (including phenoxy) is 1. The largest absolute Gasteiger partial charge is 0.497 e. The molecule has 0 fully saturated rings. The van der Waals surface area contributed by atoms with E-state index in [1.807, 2.05) is 85.8 Å². The number of methoxy groups -OCH3 is 1. The van der Waals surface area contributed by atoms with Crippen molar-refractivity contribution in [3.63, 3.8) is 0 Å². The standard InChI is InChI=1S/C25H24N2O3/c1-25(24(29)26-17-18-9-8-13-21(15-18)30-2)16-19-10-6-7-14-22(19)23(28)27(25)20-11-4-3-5-12-20/h3-15H,16-17H2,1-2H3,(H,26,29)/t25-/m0/s1. The number of hydrogen-bond acceptors (Lipinski definition) is 3. The third-order valence-corrected chi connectivity index (χ3v) is 5.57. The van der Waals surface area contributed by atoms with Crippen LogP contribution in [0.2, 0.25) is 0 Å². The summed E-state index contributed by atoms with van der Waals surface area (Å²) in [5.74, 6) is 0.375. The zero-order valence-electron chi connectivity index (χ0n) is 17.1. The molecule has 2 amide bonds. The maximum absolute atomic E-state index is 13.5. The lowest BCUT2D eigenvalue weighted by Gasteiger charge is -2.44. The molecular formula is C25H24N2O3. The molecule has 0 bridgehead atoms. The van der Waals surface area contributed by atoms with Gasteiger partial charge in [0.25, 0.3) is 5.91 Å². The Morgan fingerprint density at radius 2 is 1.77 bits per heavy atom. The van der Waals surface area contributed by atoms with Gasteiger partial charge in [-0.25, -0.2) is 0 Å². The van der Waals surface area contributed by atoms with Crippen LogP contribution in [-0.4, -0.2) is 24.5 Å². The van der Waals surface area contributed by atoms with Gasteiger partial charge in [-0.05, 0) is 48.4 Å². The Bertz CT molecular complexity index is 1080. The predicted molar refractivity (Wildman–Crippen MR) is 117 cm³/mol. The van der Waals surface area contributed by atoms with Crippen LogP contribution in [0, 0.1) is 0 Å². The second kappa shape index (κ2) is 8.03. The molecule has 4 rings (SSSR count). The maximum atomic E-state index is 13.5. The molecule has 3 aromatic rings. The van der Waals surface area contributed by atoms with Gasteiger partial charge in [0.1, 0.15) is 11.3 Å². The Morgan fingerprint density at radius 3 is 2.53 bits per heavy atom. The van der Waals surface area contributed by atoms with Gasteiger partial charge in [-0.1, -0.05) is 48.5 Å². The van der Waals surface area contributed by atoms with Crippen molar-refractivity contribution in [1.82, 2.24) is 5.32 Å². The highest BCUT2D eigenvalue weighted by Crippen LogP contribution is 2.35. The number of fused-ring (bicyclic) bond motifs is 1. The number of rotatable bonds is 5. The number of nitrogens with zero attached hydrogens (tertiary/aromatic N) is 1. The summed E-state index contributed by atoms with van der Waals surface area (Å²) in [5, 5.41) is 3.02. The van der Waals surface area contributed by atoms with Crippen molar-refractivity contribution in [2.75, 3.05) is 12.0 Å². The van der Waals surface area contributed by atoms with Crippen LogP contribution in [-0.2, 0) is 17.8 Å². The van der Waals surface area contributed by atoms with Gasteiger partial charge in [-0.3, -0.25) is 14.5 Å². The molecule has 0 saturated heterocycles. The van der Waals surface area contributed by atoms with Gasteiger partial charge in [0.05, 0.1) is 7.11 Å². The van der Waals surface area contributed by atoms with E-state index in [2.05, 4.69) is 5.32 Å². The molecule has 1 atom stereocenters. The number of amides is 2. The SMILES string of the molecule is COc1cccc(CNC(=O)[C@]2(C)Cc3ccccc3C(=O)N2c2ccccc2)c1. The van der Waals surface area contributed by atoms with E-state index in [-0.39, 0.29) is 11.8 Å². The van der Waals surface area contributed by atoms with Crippen LogP contribution in [0.25, 0.3) is 0 Å². The van der Waals surface area contributed by atoms with Crippen molar-refractivity contribution in [2.24, 2.45) is 0 Å². The van der Waals surface area contributed by atoms with Crippen molar-refractivity contribution in [3.05, 3.63) is 95.6 Å². The van der Waals surface area contributed by atoms with E-state index in [9.17, 15) is 9.59 Å². The zero-order valence-corrected chi connectivity index (χ0v) is 17.1. The lowest BCUT2D eigenvalue weighted by Crippen LogP contribution is -2.63. The molecular weight excluding hydrogens is 376 g/mol. The summed E-state index contributed by atoms with van der Waals surface area (Å²) in [4.78, 5) is 28.5. The van der Waals surface area contributed by atoms with Gasteiger partial charge < -0.3 is 10.1 Å². The molecule has 3 aromatic carbocycles. The average molecular weight is 400 g/mol. The molecule has 0 radical (unpaired) electrons. The normalized spacial score (nSPS) is 17.9. The fourth-order valence-electron chi connectivity index (χ4n) is 3.99. The third kappa shape index (κ3) is 3.54. The van der Waals surface area contributed by atoms with Gasteiger partial charge in [-0.15, -0.1) is 0 Å². The van der Waals surface area contributed by atoms with E-state index in [0.29, 0.717) is 24.2 Å². The summed E-state index contributed by atoms with van der Waals surface area (Å²) < 4.78 is 5.26. The molecule has 1 aliphatic heterocycles. The Morgan fingerprint density at radius 1 is 1.03 bits per heavy atom. The molecule has 5 nitrogen and oxygen atoms in total. The van der Waals surface area contributed by atoms with Crippen LogP contribution >= 0.6 is 0 Å². The van der Waals surface area contributed by atoms with Crippen LogP contribution in [0.5, 0.6) is 5.75 Å². The fourth-order valence-corrected chi connectivity index (χ4v) is 3.99. The summed E-state index contributed by atoms with van der Waals surface area (Å²) in [5.41, 5.74) is 2.11. The van der Waals surface area contributed by atoms with E-state index in [4.69, 9.17) is 4.74 Å². The molecule has 5 heteroatoms. The Labute approximate surface area is 176 Å². The third-order valence-electron chi connectivity index (χ3n) is 5.57. The van der Waals surface area contributed by atoms with Crippen LogP contribution in [0.3, 0.4) is 0 Å². The van der Waals surface area contributed by atoms with E-state index in [0.717, 1.165) is 16.9 Å². The average Bonchev–Trinajstić information content (AvgIpc) is 2.78. The number of carbonyl (C=O) groups excluding carboxylic acids is 2. The highest BCUT2D eigenvalue weighted by atomic mass is 16.5. The molecule has 152 valence electrons. The quantitative estimate of drug-likeness (QED) is 0.705. The molecule has 1 heterocycles. The highest BCUT2D eigenvalue weighted by Gasteiger charge is 2.47. The summed E-state index contributed by atoms with van der Waals surface area (Å²) >= 11 is 0. The van der Waals surface area contributed by atoms with Gasteiger partial charge in [0.15, 0.2) is 0 Å². The molecule has 1 N–H and O–H groups in total. The van der Waals surface area contributed by atoms with E-state index < -0.39 is 5.54 Å². The first-order valence-electron chi connectivity index (χ1n) is 9.92. The number of carbonyl (C=O) groups is 2. The van der Waals surface area contributed by atoms with Crippen LogP contribution in [0.1, 0.15) is 28.4 Å². The summed E-state index contributed by atoms with van der Waals surface area (Å²) in [6.45, 7) is 2.18. The van der Waals surface area contributed by atoms with Crippen molar-refractivity contribution >= 4 is 17.5 Å². The Balaban J connectivity index is 1.67. The zero-order chi connectivity index (χ0) is 21.1. The minimum absolute atomic E-state index is 0.165. The summed E-state index contributed by atoms with van der Waals surface area (Å²) in [6, 6.07) is 24.4. The number of benzene rings is 3. The maximum Gasteiger partial charge on any atom is 0.259 e. The van der Waals surface area contributed by atoms with Crippen molar-refractivity contribution in [3.8, 4) is 5.75 Å². The fraction of sp³-hybridized carbons (Fsp3) is 0.200. The molecule has 30 heavy (non-hydrogen) atoms. The number of hydrogen-bond donors (Lipinski definition) is 1. The topological polar surface area (TPSA) is 58.6 Å². The monoisotopic (exact) mass is 400 g/mol. The summed E-state index contributed by atoms with van der Waals surface area (Å²) in [7, 11) is 1.61. The van der Waals surface area contributed by atoms with Crippen LogP contribution in [0.15, 0.2) is 78.9 Å². The van der Waals surface area contributed by atoms with Gasteiger partial charge >= 0.3 is 0 Å². The molecule has 0 aromatic heterocycles. The molecule has 0 saturated carbocycles. The number of nitrogens with one attached hydrogen (secondary N) is 1. The van der Waals surface area contributed by atoms with Crippen LogP contribution < -0.4 is 15.0 Å². The van der Waals surface area contributed by atoms with Crippen molar-refractivity contribution in [2.45, 2.75) is 25.4 Å². The van der Waals surface area contributed by atoms with E-state index >= 15 is 0 Å².